The molecule has 0 bridgehead atoms. The van der Waals surface area contributed by atoms with Gasteiger partial charge >= 0.3 is 0 Å². The molecule has 0 aliphatic carbocycles. The fourth-order valence-corrected chi connectivity index (χ4v) is 3.87. The molecule has 1 rings (SSSR count). The Morgan fingerprint density at radius 1 is 1.07 bits per heavy atom. The van der Waals surface area contributed by atoms with E-state index in [0.29, 0.717) is 12.2 Å². The third-order valence-corrected chi connectivity index (χ3v) is 5.50. The first kappa shape index (κ1) is 23.4. The molecule has 0 aromatic heterocycles. The molecule has 0 saturated heterocycles. The van der Waals surface area contributed by atoms with Gasteiger partial charge in [0, 0.05) is 6.54 Å². The molecule has 0 aliphatic rings. The first-order valence-electron chi connectivity index (χ1n) is 9.47. The Kier molecular flexibility index (Phi) is 8.75. The monoisotopic (exact) mass is 397 g/mol. The maximum Gasteiger partial charge on any atom is 0.240 e. The van der Waals surface area contributed by atoms with E-state index in [-0.39, 0.29) is 24.3 Å². The Morgan fingerprint density at radius 3 is 2.00 bits per heavy atom. The topological polar surface area (TPSA) is 69.7 Å². The van der Waals surface area contributed by atoms with Gasteiger partial charge in [0.2, 0.25) is 15.9 Å². The number of para-hydroxylation sites is 1. The largest absolute Gasteiger partial charge is 0.354 e. The molecule has 1 amide bonds. The number of hydrogen-bond acceptors (Lipinski definition) is 4. The molecule has 0 radical (unpaired) electrons. The Labute approximate surface area is 165 Å². The smallest absolute Gasteiger partial charge is 0.240 e. The maximum atomic E-state index is 12.6. The Hall–Kier alpha value is -1.60. The highest BCUT2D eigenvalue weighted by molar-refractivity contribution is 7.92. The molecular formula is C20H35N3O3S. The fourth-order valence-electron chi connectivity index (χ4n) is 2.97. The summed E-state index contributed by atoms with van der Waals surface area (Å²) in [6, 6.07) is 5.84. The van der Waals surface area contributed by atoms with Gasteiger partial charge in [0.1, 0.15) is 6.54 Å². The minimum absolute atomic E-state index is 0.145. The van der Waals surface area contributed by atoms with Crippen molar-refractivity contribution in [3.63, 3.8) is 0 Å². The van der Waals surface area contributed by atoms with E-state index in [2.05, 4.69) is 5.32 Å². The fraction of sp³-hybridized carbons (Fsp3) is 0.650. The van der Waals surface area contributed by atoms with Gasteiger partial charge in [0.25, 0.3) is 0 Å². The van der Waals surface area contributed by atoms with Crippen molar-refractivity contribution < 1.29 is 13.2 Å². The number of rotatable bonds is 10. The molecule has 154 valence electrons. The zero-order valence-corrected chi connectivity index (χ0v) is 18.6. The van der Waals surface area contributed by atoms with Crippen LogP contribution in [-0.4, -0.2) is 59.2 Å². The summed E-state index contributed by atoms with van der Waals surface area (Å²) in [5.74, 6) is 0.00431. The Bertz CT molecular complexity index is 702. The van der Waals surface area contributed by atoms with Crippen LogP contribution in [0.4, 0.5) is 5.69 Å². The molecular weight excluding hydrogens is 362 g/mol. The summed E-state index contributed by atoms with van der Waals surface area (Å²) in [6.07, 6.45) is 1.98. The average molecular weight is 398 g/mol. The van der Waals surface area contributed by atoms with Crippen LogP contribution in [-0.2, 0) is 14.8 Å². The number of hydrogen-bond donors (Lipinski definition) is 1. The van der Waals surface area contributed by atoms with Gasteiger partial charge in [-0.25, -0.2) is 8.42 Å². The van der Waals surface area contributed by atoms with Crippen molar-refractivity contribution in [2.45, 2.75) is 46.0 Å². The third kappa shape index (κ3) is 7.14. The SMILES string of the molecule is CC(C)c1cccc(C(C)C)c1N(CC(=O)NCCCN(C)C)S(C)(=O)=O. The van der Waals surface area contributed by atoms with Crippen molar-refractivity contribution in [2.75, 3.05) is 44.3 Å². The standard InChI is InChI=1S/C20H35N3O3S/c1-15(2)17-10-8-11-18(16(3)4)20(17)23(27(7,25)26)14-19(24)21-12-9-13-22(5)6/h8,10-11,15-16H,9,12-14H2,1-7H3,(H,21,24). The van der Waals surface area contributed by atoms with Crippen molar-refractivity contribution in [3.05, 3.63) is 29.3 Å². The van der Waals surface area contributed by atoms with Gasteiger partial charge < -0.3 is 10.2 Å². The number of anilines is 1. The molecule has 0 unspecified atom stereocenters. The molecule has 1 aromatic rings. The molecule has 6 nitrogen and oxygen atoms in total. The summed E-state index contributed by atoms with van der Waals surface area (Å²) in [7, 11) is 0.347. The summed E-state index contributed by atoms with van der Waals surface area (Å²) in [5.41, 5.74) is 2.52. The Balaban J connectivity index is 3.17. The van der Waals surface area contributed by atoms with Crippen molar-refractivity contribution in [2.24, 2.45) is 0 Å². The molecule has 0 heterocycles. The second kappa shape index (κ2) is 10.1. The predicted molar refractivity (Wildman–Crippen MR) is 113 cm³/mol. The number of sulfonamides is 1. The van der Waals surface area contributed by atoms with Gasteiger partial charge in [-0.15, -0.1) is 0 Å². The van der Waals surface area contributed by atoms with E-state index < -0.39 is 10.0 Å². The number of nitrogens with zero attached hydrogens (tertiary/aromatic N) is 2. The van der Waals surface area contributed by atoms with Crippen LogP contribution in [0.2, 0.25) is 0 Å². The highest BCUT2D eigenvalue weighted by atomic mass is 32.2. The molecule has 7 heteroatoms. The van der Waals surface area contributed by atoms with E-state index in [4.69, 9.17) is 0 Å². The zero-order valence-electron chi connectivity index (χ0n) is 17.7. The number of amides is 1. The van der Waals surface area contributed by atoms with Gasteiger partial charge in [-0.1, -0.05) is 45.9 Å². The van der Waals surface area contributed by atoms with Crippen LogP contribution in [0.1, 0.15) is 57.1 Å². The van der Waals surface area contributed by atoms with Gasteiger partial charge in [-0.3, -0.25) is 9.10 Å². The van der Waals surface area contributed by atoms with Crippen LogP contribution in [0, 0.1) is 0 Å². The first-order chi connectivity index (χ1) is 12.4. The number of carbonyl (C=O) groups is 1. The van der Waals surface area contributed by atoms with Crippen molar-refractivity contribution in [3.8, 4) is 0 Å². The lowest BCUT2D eigenvalue weighted by molar-refractivity contribution is -0.119. The lowest BCUT2D eigenvalue weighted by Gasteiger charge is -2.29. The second-order valence-electron chi connectivity index (χ2n) is 7.87. The minimum atomic E-state index is -3.60. The molecule has 0 fully saturated rings. The van der Waals surface area contributed by atoms with E-state index >= 15 is 0 Å². The van der Waals surface area contributed by atoms with Crippen molar-refractivity contribution in [1.82, 2.24) is 10.2 Å². The van der Waals surface area contributed by atoms with Crippen LogP contribution in [0.5, 0.6) is 0 Å². The number of nitrogens with one attached hydrogen (secondary N) is 1. The average Bonchev–Trinajstić information content (AvgIpc) is 2.54. The van der Waals surface area contributed by atoms with Crippen molar-refractivity contribution in [1.29, 1.82) is 0 Å². The van der Waals surface area contributed by atoms with Crippen LogP contribution in [0.15, 0.2) is 18.2 Å². The normalized spacial score (nSPS) is 12.1. The van der Waals surface area contributed by atoms with Gasteiger partial charge in [-0.05, 0) is 50.0 Å². The van der Waals surface area contributed by atoms with E-state index in [1.807, 2.05) is 64.9 Å². The van der Waals surface area contributed by atoms with Crippen LogP contribution >= 0.6 is 0 Å². The predicted octanol–water partition coefficient (Wildman–Crippen LogP) is 2.77. The molecule has 0 aliphatic heterocycles. The maximum absolute atomic E-state index is 12.6. The summed E-state index contributed by atoms with van der Waals surface area (Å²) >= 11 is 0. The Morgan fingerprint density at radius 2 is 1.59 bits per heavy atom. The van der Waals surface area contributed by atoms with Crippen LogP contribution in [0.3, 0.4) is 0 Å². The molecule has 0 saturated carbocycles. The van der Waals surface area contributed by atoms with Crippen LogP contribution in [0.25, 0.3) is 0 Å². The third-order valence-electron chi connectivity index (χ3n) is 4.38. The number of carbonyl (C=O) groups excluding carboxylic acids is 1. The highest BCUT2D eigenvalue weighted by Crippen LogP contribution is 2.36. The van der Waals surface area contributed by atoms with Crippen molar-refractivity contribution >= 4 is 21.6 Å². The molecule has 0 spiro atoms. The lowest BCUT2D eigenvalue weighted by Crippen LogP contribution is -2.42. The van der Waals surface area contributed by atoms with Gasteiger partial charge in [0.15, 0.2) is 0 Å². The minimum Gasteiger partial charge on any atom is -0.354 e. The van der Waals surface area contributed by atoms with E-state index in [1.165, 1.54) is 4.31 Å². The summed E-state index contributed by atoms with van der Waals surface area (Å²) in [6.45, 7) is 9.32. The van der Waals surface area contributed by atoms with Gasteiger partial charge in [0.05, 0.1) is 11.9 Å². The first-order valence-corrected chi connectivity index (χ1v) is 11.3. The highest BCUT2D eigenvalue weighted by Gasteiger charge is 2.27. The van der Waals surface area contributed by atoms with E-state index in [9.17, 15) is 13.2 Å². The van der Waals surface area contributed by atoms with E-state index in [0.717, 1.165) is 30.3 Å². The van der Waals surface area contributed by atoms with Crippen LogP contribution < -0.4 is 9.62 Å². The van der Waals surface area contributed by atoms with Gasteiger partial charge in [-0.2, -0.15) is 0 Å². The second-order valence-corrected chi connectivity index (χ2v) is 9.78. The summed E-state index contributed by atoms with van der Waals surface area (Å²) in [5, 5.41) is 2.84. The quantitative estimate of drug-likeness (QED) is 0.617. The zero-order chi connectivity index (χ0) is 20.8. The molecule has 1 N–H and O–H groups in total. The lowest BCUT2D eigenvalue weighted by atomic mass is 9.92. The number of benzene rings is 1. The summed E-state index contributed by atoms with van der Waals surface area (Å²) < 4.78 is 26.4. The molecule has 0 atom stereocenters. The molecule has 27 heavy (non-hydrogen) atoms. The van der Waals surface area contributed by atoms with E-state index in [1.54, 1.807) is 0 Å². The summed E-state index contributed by atoms with van der Waals surface area (Å²) in [4.78, 5) is 14.5. The molecule has 1 aromatic carbocycles.